The van der Waals surface area contributed by atoms with E-state index in [0.717, 1.165) is 10.5 Å². The third-order valence-electron chi connectivity index (χ3n) is 4.28. The highest BCUT2D eigenvalue weighted by atomic mass is 32.2. The van der Waals surface area contributed by atoms with Crippen molar-refractivity contribution in [3.63, 3.8) is 0 Å². The van der Waals surface area contributed by atoms with Gasteiger partial charge in [0.15, 0.2) is 0 Å². The van der Waals surface area contributed by atoms with E-state index >= 15 is 0 Å². The summed E-state index contributed by atoms with van der Waals surface area (Å²) in [7, 11) is 0. The van der Waals surface area contributed by atoms with Gasteiger partial charge in [-0.15, -0.1) is 0 Å². The van der Waals surface area contributed by atoms with Crippen molar-refractivity contribution in [3.8, 4) is 0 Å². The van der Waals surface area contributed by atoms with E-state index in [1.165, 1.54) is 40.9 Å². The second-order valence-corrected chi connectivity index (χ2v) is 7.27. The summed E-state index contributed by atoms with van der Waals surface area (Å²) in [5.41, 5.74) is 1.57. The van der Waals surface area contributed by atoms with Gasteiger partial charge < -0.3 is 0 Å². The summed E-state index contributed by atoms with van der Waals surface area (Å²) in [6, 6.07) is 18.6. The van der Waals surface area contributed by atoms with Gasteiger partial charge in [0.1, 0.15) is 5.82 Å². The van der Waals surface area contributed by atoms with Crippen molar-refractivity contribution in [3.05, 3.63) is 101 Å². The van der Waals surface area contributed by atoms with Crippen molar-refractivity contribution in [2.24, 2.45) is 0 Å². The van der Waals surface area contributed by atoms with E-state index < -0.39 is 5.82 Å². The molecule has 2 heterocycles. The van der Waals surface area contributed by atoms with E-state index in [1.54, 1.807) is 18.5 Å². The van der Waals surface area contributed by atoms with Gasteiger partial charge in [-0.05, 0) is 41.5 Å². The molecule has 2 amide bonds. The maximum Gasteiger partial charge on any atom is 0.268 e. The van der Waals surface area contributed by atoms with Gasteiger partial charge in [0, 0.05) is 17.3 Å². The first kappa shape index (κ1) is 18.1. The van der Waals surface area contributed by atoms with Crippen molar-refractivity contribution >= 4 is 29.1 Å². The standard InChI is InChI=1S/C22H15FN2O2S/c23-17-10-8-16(9-11-17)19-20(28-18-6-2-1-3-7-18)22(27)25(21(19)26)14-15-5-4-12-24-13-15/h1-13H,14H2. The predicted octanol–water partition coefficient (Wildman–Crippen LogP) is 4.29. The van der Waals surface area contributed by atoms with Gasteiger partial charge in [-0.1, -0.05) is 48.2 Å². The number of amides is 2. The Morgan fingerprint density at radius 1 is 0.893 bits per heavy atom. The van der Waals surface area contributed by atoms with Gasteiger partial charge in [0.25, 0.3) is 11.8 Å². The minimum absolute atomic E-state index is 0.134. The first-order valence-electron chi connectivity index (χ1n) is 8.61. The van der Waals surface area contributed by atoms with E-state index in [1.807, 2.05) is 36.4 Å². The summed E-state index contributed by atoms with van der Waals surface area (Å²) in [4.78, 5) is 32.7. The van der Waals surface area contributed by atoms with Crippen LogP contribution in [-0.4, -0.2) is 21.7 Å². The molecule has 0 spiro atoms. The van der Waals surface area contributed by atoms with Crippen molar-refractivity contribution in [2.75, 3.05) is 0 Å². The molecule has 6 heteroatoms. The number of pyridine rings is 1. The Kier molecular flexibility index (Phi) is 5.04. The fraction of sp³-hybridized carbons (Fsp3) is 0.0455. The molecule has 0 radical (unpaired) electrons. The smallest absolute Gasteiger partial charge is 0.268 e. The molecule has 2 aromatic carbocycles. The number of hydrogen-bond acceptors (Lipinski definition) is 4. The molecule has 138 valence electrons. The molecular formula is C22H15FN2O2S. The van der Waals surface area contributed by atoms with Gasteiger partial charge in [-0.2, -0.15) is 0 Å². The number of halogens is 1. The maximum absolute atomic E-state index is 13.4. The van der Waals surface area contributed by atoms with Crippen molar-refractivity contribution in [1.82, 2.24) is 9.88 Å². The molecule has 0 saturated heterocycles. The molecule has 0 saturated carbocycles. The summed E-state index contributed by atoms with van der Waals surface area (Å²) < 4.78 is 13.4. The zero-order chi connectivity index (χ0) is 19.5. The van der Waals surface area contributed by atoms with E-state index in [-0.39, 0.29) is 18.4 Å². The zero-order valence-electron chi connectivity index (χ0n) is 14.7. The average Bonchev–Trinajstić information content (AvgIpc) is 2.95. The highest BCUT2D eigenvalue weighted by Crippen LogP contribution is 2.40. The number of benzene rings is 2. The topological polar surface area (TPSA) is 50.3 Å². The van der Waals surface area contributed by atoms with Crippen LogP contribution in [0.25, 0.3) is 5.57 Å². The number of carbonyl (C=O) groups excluding carboxylic acids is 2. The maximum atomic E-state index is 13.4. The molecule has 1 aliphatic rings. The first-order valence-corrected chi connectivity index (χ1v) is 9.43. The molecule has 0 atom stereocenters. The summed E-state index contributed by atoms with van der Waals surface area (Å²) in [6.45, 7) is 0.134. The van der Waals surface area contributed by atoms with Gasteiger partial charge >= 0.3 is 0 Å². The van der Waals surface area contributed by atoms with E-state index in [4.69, 9.17) is 0 Å². The lowest BCUT2D eigenvalue weighted by Crippen LogP contribution is -2.30. The Labute approximate surface area is 165 Å². The molecule has 4 rings (SSSR count). The quantitative estimate of drug-likeness (QED) is 0.610. The fourth-order valence-electron chi connectivity index (χ4n) is 2.94. The van der Waals surface area contributed by atoms with E-state index in [9.17, 15) is 14.0 Å². The fourth-order valence-corrected chi connectivity index (χ4v) is 3.98. The number of thioether (sulfide) groups is 1. The second-order valence-electron chi connectivity index (χ2n) is 6.18. The van der Waals surface area contributed by atoms with E-state index in [0.29, 0.717) is 16.0 Å². The van der Waals surface area contributed by atoms with Crippen molar-refractivity contribution in [1.29, 1.82) is 0 Å². The van der Waals surface area contributed by atoms with Gasteiger partial charge in [-0.25, -0.2) is 4.39 Å². The Morgan fingerprint density at radius 3 is 2.32 bits per heavy atom. The third-order valence-corrected chi connectivity index (χ3v) is 5.38. The highest BCUT2D eigenvalue weighted by molar-refractivity contribution is 8.04. The Bertz CT molecular complexity index is 1050. The lowest BCUT2D eigenvalue weighted by molar-refractivity contribution is -0.137. The second kappa shape index (κ2) is 7.78. The van der Waals surface area contributed by atoms with Gasteiger partial charge in [0.2, 0.25) is 0 Å². The normalized spacial score (nSPS) is 14.1. The summed E-state index contributed by atoms with van der Waals surface area (Å²) in [5.74, 6) is -1.15. The zero-order valence-corrected chi connectivity index (χ0v) is 15.5. The Morgan fingerprint density at radius 2 is 1.64 bits per heavy atom. The first-order chi connectivity index (χ1) is 13.6. The molecule has 0 fully saturated rings. The minimum atomic E-state index is -0.398. The largest absolute Gasteiger partial charge is 0.269 e. The Balaban J connectivity index is 1.74. The minimum Gasteiger partial charge on any atom is -0.269 e. The number of imide groups is 1. The summed E-state index contributed by atoms with van der Waals surface area (Å²) in [6.07, 6.45) is 3.26. The van der Waals surface area contributed by atoms with Crippen LogP contribution in [-0.2, 0) is 16.1 Å². The number of rotatable bonds is 5. The van der Waals surface area contributed by atoms with Crippen LogP contribution in [0.15, 0.2) is 88.9 Å². The van der Waals surface area contributed by atoms with Gasteiger partial charge in [0.05, 0.1) is 17.0 Å². The summed E-state index contributed by atoms with van der Waals surface area (Å²) >= 11 is 1.24. The van der Waals surface area contributed by atoms with Crippen LogP contribution in [0, 0.1) is 5.82 Å². The molecule has 0 bridgehead atoms. The van der Waals surface area contributed by atoms with Crippen LogP contribution in [0.4, 0.5) is 4.39 Å². The predicted molar refractivity (Wildman–Crippen MR) is 105 cm³/mol. The van der Waals surface area contributed by atoms with Crippen LogP contribution in [0.1, 0.15) is 11.1 Å². The van der Waals surface area contributed by atoms with Crippen LogP contribution in [0.5, 0.6) is 0 Å². The third kappa shape index (κ3) is 3.59. The molecule has 0 N–H and O–H groups in total. The SMILES string of the molecule is O=C1C(Sc2ccccc2)=C(c2ccc(F)cc2)C(=O)N1Cc1cccnc1. The highest BCUT2D eigenvalue weighted by Gasteiger charge is 2.39. The number of carbonyl (C=O) groups is 2. The van der Waals surface area contributed by atoms with Crippen molar-refractivity contribution in [2.45, 2.75) is 11.4 Å². The molecule has 3 aromatic rings. The van der Waals surface area contributed by atoms with Gasteiger partial charge in [-0.3, -0.25) is 19.5 Å². The Hall–Kier alpha value is -3.25. The van der Waals surface area contributed by atoms with Crippen LogP contribution >= 0.6 is 11.8 Å². The van der Waals surface area contributed by atoms with Crippen molar-refractivity contribution < 1.29 is 14.0 Å². The number of nitrogens with zero attached hydrogens (tertiary/aromatic N) is 2. The van der Waals surface area contributed by atoms with E-state index in [2.05, 4.69) is 4.98 Å². The van der Waals surface area contributed by atoms with Crippen LogP contribution < -0.4 is 0 Å². The molecule has 1 aromatic heterocycles. The molecule has 0 unspecified atom stereocenters. The molecule has 28 heavy (non-hydrogen) atoms. The molecular weight excluding hydrogens is 375 g/mol. The molecule has 4 nitrogen and oxygen atoms in total. The molecule has 1 aliphatic heterocycles. The monoisotopic (exact) mass is 390 g/mol. The number of hydrogen-bond donors (Lipinski definition) is 0. The van der Waals surface area contributed by atoms with Crippen LogP contribution in [0.3, 0.4) is 0 Å². The molecule has 0 aliphatic carbocycles. The number of aromatic nitrogens is 1. The lowest BCUT2D eigenvalue weighted by Gasteiger charge is -2.15. The van der Waals surface area contributed by atoms with Crippen LogP contribution in [0.2, 0.25) is 0 Å². The lowest BCUT2D eigenvalue weighted by atomic mass is 10.1. The average molecular weight is 390 g/mol. The summed E-state index contributed by atoms with van der Waals surface area (Å²) in [5, 5.41) is 0.